The summed E-state index contributed by atoms with van der Waals surface area (Å²) < 4.78 is 7.80. The van der Waals surface area contributed by atoms with Crippen molar-refractivity contribution in [1.82, 2.24) is 9.78 Å². The Morgan fingerprint density at radius 1 is 1.59 bits per heavy atom. The molecular weight excluding hydrogens is 236 g/mol. The Bertz CT molecular complexity index is 402. The monoisotopic (exact) mass is 254 g/mol. The lowest BCUT2D eigenvalue weighted by Crippen LogP contribution is -2.36. The topological polar surface area (TPSA) is 27.1 Å². The van der Waals surface area contributed by atoms with Gasteiger partial charge in [0.2, 0.25) is 0 Å². The number of rotatable bonds is 4. The van der Waals surface area contributed by atoms with Crippen LogP contribution < -0.4 is 0 Å². The number of aryl methyl sites for hydroxylation is 1. The van der Waals surface area contributed by atoms with Gasteiger partial charge in [0.15, 0.2) is 0 Å². The van der Waals surface area contributed by atoms with E-state index in [9.17, 15) is 0 Å². The third kappa shape index (κ3) is 2.11. The zero-order valence-electron chi connectivity index (χ0n) is 10.2. The van der Waals surface area contributed by atoms with Crippen LogP contribution in [0, 0.1) is 11.3 Å². The first kappa shape index (κ1) is 11.5. The molecule has 1 aromatic heterocycles. The van der Waals surface area contributed by atoms with Gasteiger partial charge in [-0.15, -0.1) is 11.6 Å². The van der Waals surface area contributed by atoms with Crippen LogP contribution in [0.4, 0.5) is 0 Å². The van der Waals surface area contributed by atoms with E-state index in [1.165, 1.54) is 12.8 Å². The van der Waals surface area contributed by atoms with Gasteiger partial charge in [-0.1, -0.05) is 0 Å². The van der Waals surface area contributed by atoms with Crippen LogP contribution in [0.2, 0.25) is 0 Å². The predicted molar refractivity (Wildman–Crippen MR) is 67.1 cm³/mol. The second-order valence-electron chi connectivity index (χ2n) is 5.53. The molecule has 0 radical (unpaired) electrons. The maximum atomic E-state index is 6.27. The average molecular weight is 255 g/mol. The maximum Gasteiger partial charge on any atom is 0.0675 e. The minimum atomic E-state index is 0.122. The molecule has 17 heavy (non-hydrogen) atoms. The summed E-state index contributed by atoms with van der Waals surface area (Å²) in [7, 11) is 1.96. The summed E-state index contributed by atoms with van der Waals surface area (Å²) in [4.78, 5) is 0. The highest BCUT2D eigenvalue weighted by Crippen LogP contribution is 2.49. The lowest BCUT2D eigenvalue weighted by molar-refractivity contribution is 0.0399. The normalized spacial score (nSPS) is 33.2. The molecule has 3 nitrogen and oxygen atoms in total. The SMILES string of the molecule is Cn1ccc(CC2(CCl)CCOC2C2CC2)n1. The fourth-order valence-electron chi connectivity index (χ4n) is 3.04. The van der Waals surface area contributed by atoms with Crippen LogP contribution in [0.25, 0.3) is 0 Å². The Labute approximate surface area is 107 Å². The van der Waals surface area contributed by atoms with E-state index in [1.54, 1.807) is 0 Å². The molecule has 0 bridgehead atoms. The van der Waals surface area contributed by atoms with E-state index in [0.29, 0.717) is 12.0 Å². The predicted octanol–water partition coefficient (Wildman–Crippen LogP) is 2.39. The van der Waals surface area contributed by atoms with Crippen molar-refractivity contribution in [2.45, 2.75) is 31.8 Å². The van der Waals surface area contributed by atoms with Gasteiger partial charge in [0.1, 0.15) is 0 Å². The number of hydrogen-bond donors (Lipinski definition) is 0. The molecule has 3 rings (SSSR count). The Kier molecular flexibility index (Phi) is 2.91. The average Bonchev–Trinajstić information content (AvgIpc) is 2.96. The molecule has 1 aliphatic carbocycles. The highest BCUT2D eigenvalue weighted by molar-refractivity contribution is 6.18. The molecule has 1 saturated carbocycles. The van der Waals surface area contributed by atoms with Crippen molar-refractivity contribution >= 4 is 11.6 Å². The zero-order valence-corrected chi connectivity index (χ0v) is 11.0. The number of alkyl halides is 1. The molecule has 1 aliphatic heterocycles. The van der Waals surface area contributed by atoms with Crippen molar-refractivity contribution in [3.8, 4) is 0 Å². The van der Waals surface area contributed by atoms with Gasteiger partial charge in [0, 0.05) is 37.6 Å². The number of nitrogens with zero attached hydrogens (tertiary/aromatic N) is 2. The highest BCUT2D eigenvalue weighted by Gasteiger charge is 2.50. The molecule has 0 amide bonds. The van der Waals surface area contributed by atoms with Crippen molar-refractivity contribution in [3.05, 3.63) is 18.0 Å². The molecule has 4 heteroatoms. The summed E-state index contributed by atoms with van der Waals surface area (Å²) in [6.07, 6.45) is 7.02. The second kappa shape index (κ2) is 4.29. The van der Waals surface area contributed by atoms with Crippen LogP contribution in [-0.4, -0.2) is 28.4 Å². The Morgan fingerprint density at radius 3 is 3.00 bits per heavy atom. The smallest absolute Gasteiger partial charge is 0.0675 e. The Hall–Kier alpha value is -0.540. The minimum absolute atomic E-state index is 0.122. The van der Waals surface area contributed by atoms with E-state index in [-0.39, 0.29) is 5.41 Å². The second-order valence-corrected chi connectivity index (χ2v) is 5.80. The third-order valence-corrected chi connectivity index (χ3v) is 4.65. The number of halogens is 1. The van der Waals surface area contributed by atoms with Gasteiger partial charge in [-0.05, 0) is 31.2 Å². The van der Waals surface area contributed by atoms with Gasteiger partial charge in [-0.25, -0.2) is 0 Å². The summed E-state index contributed by atoms with van der Waals surface area (Å²) in [5, 5.41) is 4.48. The van der Waals surface area contributed by atoms with Gasteiger partial charge >= 0.3 is 0 Å². The van der Waals surface area contributed by atoms with Crippen LogP contribution in [-0.2, 0) is 18.2 Å². The van der Waals surface area contributed by atoms with Crippen LogP contribution in [0.15, 0.2) is 12.3 Å². The quantitative estimate of drug-likeness (QED) is 0.772. The third-order valence-electron chi connectivity index (χ3n) is 4.12. The van der Waals surface area contributed by atoms with Crippen molar-refractivity contribution in [3.63, 3.8) is 0 Å². The lowest BCUT2D eigenvalue weighted by atomic mass is 9.77. The van der Waals surface area contributed by atoms with E-state index in [4.69, 9.17) is 16.3 Å². The first-order valence-corrected chi connectivity index (χ1v) is 6.93. The van der Waals surface area contributed by atoms with Gasteiger partial charge in [-0.2, -0.15) is 5.10 Å². The molecule has 2 unspecified atom stereocenters. The summed E-state index contributed by atoms with van der Waals surface area (Å²) in [6.45, 7) is 0.862. The minimum Gasteiger partial charge on any atom is -0.377 e. The number of ether oxygens (including phenoxy) is 1. The number of hydrogen-bond acceptors (Lipinski definition) is 2. The summed E-state index contributed by atoms with van der Waals surface area (Å²) >= 11 is 6.27. The molecule has 0 spiro atoms. The van der Waals surface area contributed by atoms with E-state index >= 15 is 0 Å². The molecule has 2 aliphatic rings. The fourth-order valence-corrected chi connectivity index (χ4v) is 3.42. The van der Waals surface area contributed by atoms with E-state index in [0.717, 1.165) is 31.1 Å². The van der Waals surface area contributed by atoms with Gasteiger partial charge in [0.05, 0.1) is 11.8 Å². The molecule has 2 atom stereocenters. The van der Waals surface area contributed by atoms with Crippen molar-refractivity contribution in [1.29, 1.82) is 0 Å². The van der Waals surface area contributed by atoms with E-state index in [1.807, 2.05) is 17.9 Å². The Balaban J connectivity index is 1.80. The lowest BCUT2D eigenvalue weighted by Gasteiger charge is -2.31. The van der Waals surface area contributed by atoms with Crippen LogP contribution >= 0.6 is 11.6 Å². The summed E-state index contributed by atoms with van der Waals surface area (Å²) in [6, 6.07) is 2.09. The molecule has 94 valence electrons. The molecule has 1 saturated heterocycles. The molecule has 2 heterocycles. The molecule has 1 aromatic rings. The standard InChI is InChI=1S/C13H19ClN2O/c1-16-6-4-11(15-16)8-13(9-14)5-7-17-12(13)10-2-3-10/h4,6,10,12H,2-3,5,7-9H2,1H3. The van der Waals surface area contributed by atoms with Gasteiger partial charge < -0.3 is 4.74 Å². The molecule has 0 aromatic carbocycles. The summed E-state index contributed by atoms with van der Waals surface area (Å²) in [5.74, 6) is 1.44. The first-order chi connectivity index (χ1) is 8.23. The Morgan fingerprint density at radius 2 is 2.41 bits per heavy atom. The fraction of sp³-hybridized carbons (Fsp3) is 0.769. The van der Waals surface area contributed by atoms with Crippen molar-refractivity contribution < 1.29 is 4.74 Å². The van der Waals surface area contributed by atoms with Crippen molar-refractivity contribution in [2.24, 2.45) is 18.4 Å². The zero-order chi connectivity index (χ0) is 11.9. The molecular formula is C13H19ClN2O. The maximum absolute atomic E-state index is 6.27. The largest absolute Gasteiger partial charge is 0.377 e. The molecule has 0 N–H and O–H groups in total. The van der Waals surface area contributed by atoms with Gasteiger partial charge in [0.25, 0.3) is 0 Å². The van der Waals surface area contributed by atoms with Crippen LogP contribution in [0.5, 0.6) is 0 Å². The molecule has 2 fully saturated rings. The van der Waals surface area contributed by atoms with Crippen LogP contribution in [0.3, 0.4) is 0 Å². The first-order valence-electron chi connectivity index (χ1n) is 6.40. The van der Waals surface area contributed by atoms with Crippen molar-refractivity contribution in [2.75, 3.05) is 12.5 Å². The number of aromatic nitrogens is 2. The van der Waals surface area contributed by atoms with E-state index < -0.39 is 0 Å². The highest BCUT2D eigenvalue weighted by atomic mass is 35.5. The van der Waals surface area contributed by atoms with Crippen LogP contribution in [0.1, 0.15) is 25.0 Å². The van der Waals surface area contributed by atoms with Gasteiger partial charge in [-0.3, -0.25) is 4.68 Å². The van der Waals surface area contributed by atoms with E-state index in [2.05, 4.69) is 11.2 Å². The summed E-state index contributed by atoms with van der Waals surface area (Å²) in [5.41, 5.74) is 1.26.